The summed E-state index contributed by atoms with van der Waals surface area (Å²) >= 11 is -1.86. The molecule has 0 fully saturated rings. The second-order valence-corrected chi connectivity index (χ2v) is 27.1. The van der Waals surface area contributed by atoms with Gasteiger partial charge in [-0.15, -0.1) is 0 Å². The van der Waals surface area contributed by atoms with Crippen molar-refractivity contribution in [2.24, 2.45) is 0 Å². The van der Waals surface area contributed by atoms with Gasteiger partial charge in [0.05, 0.1) is 0 Å². The molecule has 0 radical (unpaired) electrons. The molecule has 0 aromatic rings. The van der Waals surface area contributed by atoms with E-state index >= 15 is 0 Å². The van der Waals surface area contributed by atoms with Gasteiger partial charge in [-0.25, -0.2) is 0 Å². The Hall–Kier alpha value is 4.13. The van der Waals surface area contributed by atoms with Gasteiger partial charge in [-0.3, -0.25) is 0 Å². The maximum absolute atomic E-state index is 4.95. The zero-order valence-corrected chi connectivity index (χ0v) is 27.3. The molecule has 0 bridgehead atoms. The van der Waals surface area contributed by atoms with Crippen molar-refractivity contribution in [2.45, 2.75) is 0 Å². The van der Waals surface area contributed by atoms with Crippen LogP contribution in [0, 0.1) is 0 Å². The molecule has 0 N–H and O–H groups in total. The first-order valence-corrected chi connectivity index (χ1v) is 32.9. The van der Waals surface area contributed by atoms with Gasteiger partial charge in [0, 0.05) is 85.0 Å². The molecule has 120 valence electrons. The fourth-order valence-electron chi connectivity index (χ4n) is 1.41. The van der Waals surface area contributed by atoms with Crippen LogP contribution in [-0.2, 0) is 30.3 Å². The third-order valence-electron chi connectivity index (χ3n) is 1.41. The molecule has 0 rings (SSSR count). The fraction of sp³-hybridized carbons (Fsp3) is 1.00. The molecular weight excluding hydrogens is 517 g/mol. The SMILES string of the molecule is C[PH+](C)C[PH+](C)C.C[PH+](C)C[PH+](C)C.[Cl][Zn][Cl].[Cl][Zn][Cl]. The van der Waals surface area contributed by atoms with Crippen molar-refractivity contribution < 1.29 is 30.3 Å². The van der Waals surface area contributed by atoms with Crippen LogP contribution in [0.25, 0.3) is 0 Å². The van der Waals surface area contributed by atoms with Gasteiger partial charge in [0.2, 0.25) is 0 Å². The summed E-state index contributed by atoms with van der Waals surface area (Å²) < 4.78 is 0. The molecule has 0 spiro atoms. The predicted molar refractivity (Wildman–Crippen MR) is 114 cm³/mol. The van der Waals surface area contributed by atoms with Crippen LogP contribution in [0.2, 0.25) is 0 Å². The molecule has 0 amide bonds. The molecule has 0 saturated heterocycles. The van der Waals surface area contributed by atoms with E-state index in [1.54, 1.807) is 11.8 Å². The summed E-state index contributed by atoms with van der Waals surface area (Å²) in [7, 11) is 20.2. The third kappa shape index (κ3) is 67.2. The van der Waals surface area contributed by atoms with Crippen molar-refractivity contribution in [3.63, 3.8) is 0 Å². The van der Waals surface area contributed by atoms with Gasteiger partial charge in [-0.2, -0.15) is 0 Å². The molecular formula is C10H32Cl4P4Zn2+4. The Morgan fingerprint density at radius 2 is 0.600 bits per heavy atom. The molecule has 0 heterocycles. The van der Waals surface area contributed by atoms with Crippen LogP contribution in [0.15, 0.2) is 0 Å². The number of rotatable bonds is 4. The monoisotopic (exact) mass is 544 g/mol. The molecule has 0 aliphatic rings. The van der Waals surface area contributed by atoms with Gasteiger partial charge in [0.1, 0.15) is 0 Å². The van der Waals surface area contributed by atoms with Gasteiger partial charge in [0.25, 0.3) is 0 Å². The Balaban J connectivity index is -0.0000000927. The first-order chi connectivity index (χ1) is 9.08. The van der Waals surface area contributed by atoms with Crippen molar-refractivity contribution in [1.29, 1.82) is 0 Å². The standard InChI is InChI=1S/2C5H14P2.4ClH.2Zn/c2*1-6(2)5-7(3)4;;;;;;/h2*5H2,1-4H3;4*1H;;/q;;;;;;2*+2. The van der Waals surface area contributed by atoms with Crippen LogP contribution in [0.5, 0.6) is 0 Å². The summed E-state index contributed by atoms with van der Waals surface area (Å²) in [6.45, 7) is 19.1. The molecule has 0 nitrogen and oxygen atoms in total. The summed E-state index contributed by atoms with van der Waals surface area (Å²) in [4.78, 5) is 0. The van der Waals surface area contributed by atoms with E-state index in [4.69, 9.17) is 38.8 Å². The first-order valence-electron chi connectivity index (χ1n) is 6.48. The van der Waals surface area contributed by atoms with Gasteiger partial charge in [-0.1, -0.05) is 0 Å². The van der Waals surface area contributed by atoms with Crippen molar-refractivity contribution in [3.05, 3.63) is 0 Å². The van der Waals surface area contributed by atoms with E-state index in [9.17, 15) is 0 Å². The van der Waals surface area contributed by atoms with Crippen molar-refractivity contribution in [3.8, 4) is 0 Å². The van der Waals surface area contributed by atoms with E-state index in [0.717, 1.165) is 0 Å². The normalized spacial score (nSPS) is 8.80. The molecule has 0 unspecified atom stereocenters. The molecule has 0 aromatic carbocycles. The topological polar surface area (TPSA) is 0 Å². The Morgan fingerprint density at radius 1 is 0.500 bits per heavy atom. The molecule has 20 heavy (non-hydrogen) atoms. The van der Waals surface area contributed by atoms with Gasteiger partial charge in [0.15, 0.2) is 11.8 Å². The van der Waals surface area contributed by atoms with Crippen molar-refractivity contribution in [1.82, 2.24) is 0 Å². The zero-order valence-electron chi connectivity index (χ0n) is 14.3. The van der Waals surface area contributed by atoms with Gasteiger partial charge >= 0.3 is 69.1 Å². The molecule has 0 aliphatic carbocycles. The van der Waals surface area contributed by atoms with E-state index in [1.165, 1.54) is 0 Å². The Bertz CT molecular complexity index is 127. The number of hydrogen-bond acceptors (Lipinski definition) is 0. The molecule has 0 saturated carbocycles. The summed E-state index contributed by atoms with van der Waals surface area (Å²) in [5, 5.41) is 0. The third-order valence-corrected chi connectivity index (χ3v) is 12.7. The Kier molecular flexibility index (Phi) is 44.5. The summed E-state index contributed by atoms with van der Waals surface area (Å²) in [5.74, 6) is 3.13. The van der Waals surface area contributed by atoms with Gasteiger partial charge < -0.3 is 0 Å². The number of hydrogen-bond donors (Lipinski definition) is 0. The van der Waals surface area contributed by atoms with Crippen LogP contribution in [0.4, 0.5) is 0 Å². The Labute approximate surface area is 164 Å². The van der Waals surface area contributed by atoms with Crippen LogP contribution in [0.1, 0.15) is 0 Å². The second-order valence-electron chi connectivity index (χ2n) is 5.38. The summed E-state index contributed by atoms with van der Waals surface area (Å²) in [6, 6.07) is 0. The van der Waals surface area contributed by atoms with Crippen LogP contribution < -0.4 is 0 Å². The molecule has 0 aliphatic heterocycles. The van der Waals surface area contributed by atoms with Gasteiger partial charge in [-0.05, 0) is 0 Å². The summed E-state index contributed by atoms with van der Waals surface area (Å²) in [6.07, 6.45) is 0. The molecule has 10 heteroatoms. The predicted octanol–water partition coefficient (Wildman–Crippen LogP) is 6.54. The van der Waals surface area contributed by atoms with Crippen LogP contribution >= 0.6 is 70.5 Å². The maximum atomic E-state index is 4.95. The second kappa shape index (κ2) is 28.0. The van der Waals surface area contributed by atoms with E-state index in [-0.39, 0.29) is 31.7 Å². The first kappa shape index (κ1) is 31.9. The van der Waals surface area contributed by atoms with Crippen molar-refractivity contribution >= 4 is 70.5 Å². The Morgan fingerprint density at radius 3 is 0.600 bits per heavy atom. The minimum atomic E-state index is -0.931. The quantitative estimate of drug-likeness (QED) is 0.277. The minimum absolute atomic E-state index is 0.111. The molecule has 0 atom stereocenters. The number of halogens is 4. The average molecular weight is 549 g/mol. The zero-order chi connectivity index (χ0) is 17.1. The van der Waals surface area contributed by atoms with Crippen molar-refractivity contribution in [2.75, 3.05) is 65.1 Å². The molecule has 0 aromatic heterocycles. The van der Waals surface area contributed by atoms with Crippen LogP contribution in [-0.4, -0.2) is 65.1 Å². The van der Waals surface area contributed by atoms with E-state index in [2.05, 4.69) is 53.3 Å². The average Bonchev–Trinajstić information content (AvgIpc) is 2.15. The van der Waals surface area contributed by atoms with E-state index in [0.29, 0.717) is 0 Å². The summed E-state index contributed by atoms with van der Waals surface area (Å²) in [5.41, 5.74) is 0. The fourth-order valence-corrected chi connectivity index (χ4v) is 12.7. The van der Waals surface area contributed by atoms with E-state index in [1.807, 2.05) is 0 Å². The van der Waals surface area contributed by atoms with Crippen LogP contribution in [0.3, 0.4) is 0 Å². The van der Waals surface area contributed by atoms with E-state index < -0.39 is 30.3 Å².